The lowest BCUT2D eigenvalue weighted by Crippen LogP contribution is -2.33. The minimum atomic E-state index is -0.925. The molecule has 9 nitrogen and oxygen atoms in total. The highest BCUT2D eigenvalue weighted by Crippen LogP contribution is 2.62. The molecule has 182 valence electrons. The van der Waals surface area contributed by atoms with Crippen LogP contribution in [0.15, 0.2) is 18.2 Å². The first-order valence-electron chi connectivity index (χ1n) is 10.4. The van der Waals surface area contributed by atoms with Gasteiger partial charge < -0.3 is 28.4 Å². The fourth-order valence-electron chi connectivity index (χ4n) is 4.17. The third-order valence-electron chi connectivity index (χ3n) is 5.57. The number of halogens is 2. The molecule has 0 radical (unpaired) electrons. The van der Waals surface area contributed by atoms with Gasteiger partial charge in [0.2, 0.25) is 6.79 Å². The first-order valence-corrected chi connectivity index (χ1v) is 11.2. The van der Waals surface area contributed by atoms with E-state index in [9.17, 15) is 14.4 Å². The molecule has 0 bridgehead atoms. The van der Waals surface area contributed by atoms with Crippen molar-refractivity contribution in [2.45, 2.75) is 39.1 Å². The van der Waals surface area contributed by atoms with Crippen LogP contribution in [0, 0.1) is 23.7 Å². The van der Waals surface area contributed by atoms with Crippen LogP contribution in [0.2, 0.25) is 10.0 Å². The van der Waals surface area contributed by atoms with Crippen molar-refractivity contribution >= 4 is 41.3 Å². The maximum atomic E-state index is 12.7. The predicted octanol–water partition coefficient (Wildman–Crippen LogP) is 3.97. The predicted molar refractivity (Wildman–Crippen MR) is 115 cm³/mol. The van der Waals surface area contributed by atoms with E-state index in [0.29, 0.717) is 16.5 Å². The number of esters is 2. The van der Waals surface area contributed by atoms with Crippen molar-refractivity contribution in [3.63, 3.8) is 0 Å². The standard InChI is InChI=1S/C22H26Cl2O9/c1-11(2)33-22(27)32-10-31-20(25)18-13-7-16(19(17(13)18)21(26)30-9-28-3)29-8-12-4-5-14(23)15(24)6-12/h4-6,11,13,16-19H,7-10H2,1-3H3. The van der Waals surface area contributed by atoms with E-state index >= 15 is 0 Å². The van der Waals surface area contributed by atoms with E-state index in [2.05, 4.69) is 0 Å². The Bertz CT molecular complexity index is 875. The topological polar surface area (TPSA) is 107 Å². The van der Waals surface area contributed by atoms with Gasteiger partial charge in [0.1, 0.15) is 0 Å². The van der Waals surface area contributed by atoms with E-state index < -0.39 is 42.8 Å². The molecular formula is C22H26Cl2O9. The number of fused-ring (bicyclic) bond motifs is 1. The molecule has 0 aliphatic heterocycles. The van der Waals surface area contributed by atoms with Crippen molar-refractivity contribution in [3.8, 4) is 0 Å². The summed E-state index contributed by atoms with van der Waals surface area (Å²) in [6, 6.07) is 5.15. The molecule has 2 fully saturated rings. The van der Waals surface area contributed by atoms with Gasteiger partial charge in [-0.3, -0.25) is 9.59 Å². The van der Waals surface area contributed by atoms with Crippen LogP contribution in [0.4, 0.5) is 4.79 Å². The van der Waals surface area contributed by atoms with Crippen LogP contribution >= 0.6 is 23.2 Å². The zero-order valence-electron chi connectivity index (χ0n) is 18.5. The molecule has 2 aliphatic carbocycles. The Hall–Kier alpha value is -2.07. The summed E-state index contributed by atoms with van der Waals surface area (Å²) in [5.41, 5.74) is 0.801. The van der Waals surface area contributed by atoms with Crippen LogP contribution in [0.3, 0.4) is 0 Å². The molecular weight excluding hydrogens is 479 g/mol. The lowest BCUT2D eigenvalue weighted by Gasteiger charge is -2.23. The van der Waals surface area contributed by atoms with Gasteiger partial charge in [0.25, 0.3) is 0 Å². The van der Waals surface area contributed by atoms with E-state index in [4.69, 9.17) is 51.6 Å². The number of benzene rings is 1. The van der Waals surface area contributed by atoms with Gasteiger partial charge in [-0.2, -0.15) is 0 Å². The average molecular weight is 505 g/mol. The molecule has 0 spiro atoms. The van der Waals surface area contributed by atoms with Gasteiger partial charge in [0.15, 0.2) is 6.79 Å². The second-order valence-corrected chi connectivity index (χ2v) is 8.95. The van der Waals surface area contributed by atoms with Gasteiger partial charge in [0.05, 0.1) is 40.7 Å². The summed E-state index contributed by atoms with van der Waals surface area (Å²) in [4.78, 5) is 36.5. The average Bonchev–Trinajstić information content (AvgIpc) is 3.32. The Morgan fingerprint density at radius 3 is 2.36 bits per heavy atom. The van der Waals surface area contributed by atoms with Crippen LogP contribution in [-0.2, 0) is 44.6 Å². The molecule has 5 unspecified atom stereocenters. The highest BCUT2D eigenvalue weighted by atomic mass is 35.5. The molecule has 33 heavy (non-hydrogen) atoms. The second-order valence-electron chi connectivity index (χ2n) is 8.14. The van der Waals surface area contributed by atoms with Crippen LogP contribution < -0.4 is 0 Å². The van der Waals surface area contributed by atoms with Crippen molar-refractivity contribution in [1.82, 2.24) is 0 Å². The van der Waals surface area contributed by atoms with Crippen LogP contribution in [-0.4, -0.2) is 51.0 Å². The van der Waals surface area contributed by atoms with Crippen LogP contribution in [0.1, 0.15) is 25.8 Å². The van der Waals surface area contributed by atoms with Crippen molar-refractivity contribution in [2.24, 2.45) is 23.7 Å². The minimum Gasteiger partial charge on any atom is -0.438 e. The Balaban J connectivity index is 1.56. The molecule has 0 aromatic heterocycles. The Kier molecular flexibility index (Phi) is 8.81. The number of carbonyl (C=O) groups is 3. The summed E-state index contributed by atoms with van der Waals surface area (Å²) in [7, 11) is 1.41. The Morgan fingerprint density at radius 2 is 1.70 bits per heavy atom. The largest absolute Gasteiger partial charge is 0.511 e. The molecule has 0 amide bonds. The zero-order valence-corrected chi connectivity index (χ0v) is 20.0. The SMILES string of the molecule is COCOC(=O)C1C(OCc2ccc(Cl)c(Cl)c2)CC2C(C(=O)OCOC(=O)OC(C)C)C21. The highest BCUT2D eigenvalue weighted by molar-refractivity contribution is 6.42. The summed E-state index contributed by atoms with van der Waals surface area (Å²) < 4.78 is 30.5. The number of rotatable bonds is 10. The van der Waals surface area contributed by atoms with Gasteiger partial charge in [0, 0.05) is 7.11 Å². The smallest absolute Gasteiger partial charge is 0.438 e. The first-order chi connectivity index (χ1) is 15.7. The molecule has 1 aromatic rings. The Labute approximate surface area is 201 Å². The van der Waals surface area contributed by atoms with Crippen molar-refractivity contribution in [1.29, 1.82) is 0 Å². The lowest BCUT2D eigenvalue weighted by molar-refractivity contribution is -0.166. The van der Waals surface area contributed by atoms with Crippen molar-refractivity contribution < 1.29 is 42.8 Å². The minimum absolute atomic E-state index is 0.0981. The summed E-state index contributed by atoms with van der Waals surface area (Å²) in [6.07, 6.45) is -1.24. The maximum Gasteiger partial charge on any atom is 0.511 e. The molecule has 3 rings (SSSR count). The molecule has 2 aliphatic rings. The normalized spacial score (nSPS) is 25.3. The van der Waals surface area contributed by atoms with Crippen LogP contribution in [0.5, 0.6) is 0 Å². The monoisotopic (exact) mass is 504 g/mol. The lowest BCUT2D eigenvalue weighted by atomic mass is 9.97. The summed E-state index contributed by atoms with van der Waals surface area (Å²) in [6.45, 7) is 2.79. The molecule has 2 saturated carbocycles. The fourth-order valence-corrected chi connectivity index (χ4v) is 4.49. The zero-order chi connectivity index (χ0) is 24.1. The second kappa shape index (κ2) is 11.4. The number of hydrogen-bond donors (Lipinski definition) is 0. The highest BCUT2D eigenvalue weighted by Gasteiger charge is 2.68. The van der Waals surface area contributed by atoms with Gasteiger partial charge >= 0.3 is 18.1 Å². The summed E-state index contributed by atoms with van der Waals surface area (Å²) in [5.74, 6) is -2.59. The van der Waals surface area contributed by atoms with E-state index in [1.54, 1.807) is 32.0 Å². The third kappa shape index (κ3) is 6.50. The van der Waals surface area contributed by atoms with Gasteiger partial charge in [-0.25, -0.2) is 4.79 Å². The van der Waals surface area contributed by atoms with E-state index in [0.717, 1.165) is 5.56 Å². The van der Waals surface area contributed by atoms with Gasteiger partial charge in [-0.05, 0) is 49.8 Å². The van der Waals surface area contributed by atoms with Crippen LogP contribution in [0.25, 0.3) is 0 Å². The van der Waals surface area contributed by atoms with E-state index in [-0.39, 0.29) is 31.3 Å². The quantitative estimate of drug-likeness (QED) is 0.265. The van der Waals surface area contributed by atoms with Crippen molar-refractivity contribution in [3.05, 3.63) is 33.8 Å². The molecule has 1 aromatic carbocycles. The fraction of sp³-hybridized carbons (Fsp3) is 0.591. The third-order valence-corrected chi connectivity index (χ3v) is 6.31. The molecule has 0 saturated heterocycles. The number of methoxy groups -OCH3 is 1. The van der Waals surface area contributed by atoms with Gasteiger partial charge in [-0.15, -0.1) is 0 Å². The summed E-state index contributed by atoms with van der Waals surface area (Å²) in [5, 5.41) is 0.844. The van der Waals surface area contributed by atoms with Crippen molar-refractivity contribution in [2.75, 3.05) is 20.7 Å². The molecule has 11 heteroatoms. The number of carbonyl (C=O) groups excluding carboxylic acids is 3. The number of ether oxygens (including phenoxy) is 6. The number of hydrogen-bond acceptors (Lipinski definition) is 9. The molecule has 0 heterocycles. The maximum absolute atomic E-state index is 12.7. The van der Waals surface area contributed by atoms with Gasteiger partial charge in [-0.1, -0.05) is 29.3 Å². The molecule has 5 atom stereocenters. The summed E-state index contributed by atoms with van der Waals surface area (Å²) >= 11 is 12.0. The van der Waals surface area contributed by atoms with E-state index in [1.807, 2.05) is 0 Å². The first kappa shape index (κ1) is 25.6. The van der Waals surface area contributed by atoms with E-state index in [1.165, 1.54) is 7.11 Å². The Morgan fingerprint density at radius 1 is 1.00 bits per heavy atom. The molecule has 0 N–H and O–H groups in total.